The first kappa shape index (κ1) is 16.4. The SMILES string of the molecule is CC(C)(C)[C@H](N)C(=O)NC1CCN(S(C)(=O)=O)CC1. The van der Waals surface area contributed by atoms with Crippen molar-refractivity contribution in [3.63, 3.8) is 0 Å². The van der Waals surface area contributed by atoms with Gasteiger partial charge in [0, 0.05) is 19.1 Å². The Morgan fingerprint density at radius 3 is 2.16 bits per heavy atom. The molecule has 0 aromatic heterocycles. The van der Waals surface area contributed by atoms with Crippen LogP contribution in [0.15, 0.2) is 0 Å². The van der Waals surface area contributed by atoms with Crippen molar-refractivity contribution < 1.29 is 13.2 Å². The normalized spacial score (nSPS) is 21.1. The second kappa shape index (κ2) is 5.76. The maximum Gasteiger partial charge on any atom is 0.237 e. The first-order chi connectivity index (χ1) is 8.51. The summed E-state index contributed by atoms with van der Waals surface area (Å²) in [5.41, 5.74) is 5.61. The van der Waals surface area contributed by atoms with Crippen molar-refractivity contribution in [2.75, 3.05) is 19.3 Å². The van der Waals surface area contributed by atoms with Crippen LogP contribution in [-0.4, -0.2) is 50.1 Å². The molecular formula is C12H25N3O3S. The molecule has 7 heteroatoms. The van der Waals surface area contributed by atoms with Crippen LogP contribution in [0.25, 0.3) is 0 Å². The van der Waals surface area contributed by atoms with E-state index in [1.54, 1.807) is 0 Å². The molecule has 0 aromatic rings. The summed E-state index contributed by atoms with van der Waals surface area (Å²) >= 11 is 0. The van der Waals surface area contributed by atoms with Crippen LogP contribution in [0.2, 0.25) is 0 Å². The summed E-state index contributed by atoms with van der Waals surface area (Å²) in [6.07, 6.45) is 2.48. The van der Waals surface area contributed by atoms with Crippen LogP contribution in [-0.2, 0) is 14.8 Å². The highest BCUT2D eigenvalue weighted by Crippen LogP contribution is 2.18. The van der Waals surface area contributed by atoms with Gasteiger partial charge in [-0.05, 0) is 18.3 Å². The van der Waals surface area contributed by atoms with Gasteiger partial charge in [0.05, 0.1) is 12.3 Å². The number of nitrogens with one attached hydrogen (secondary N) is 1. The average Bonchev–Trinajstić information content (AvgIpc) is 2.26. The minimum Gasteiger partial charge on any atom is -0.352 e. The summed E-state index contributed by atoms with van der Waals surface area (Å²) in [5, 5.41) is 2.91. The van der Waals surface area contributed by atoms with Crippen LogP contribution in [0.4, 0.5) is 0 Å². The first-order valence-electron chi connectivity index (χ1n) is 6.53. The monoisotopic (exact) mass is 291 g/mol. The molecule has 1 rings (SSSR count). The number of rotatable bonds is 3. The van der Waals surface area contributed by atoms with Gasteiger partial charge in [-0.1, -0.05) is 20.8 Å². The fraction of sp³-hybridized carbons (Fsp3) is 0.917. The van der Waals surface area contributed by atoms with Crippen LogP contribution in [0.5, 0.6) is 0 Å². The summed E-state index contributed by atoms with van der Waals surface area (Å²) in [6.45, 7) is 6.67. The van der Waals surface area contributed by atoms with Crippen molar-refractivity contribution in [2.45, 2.75) is 45.7 Å². The Bertz CT molecular complexity index is 420. The zero-order valence-corrected chi connectivity index (χ0v) is 13.0. The molecule has 1 aliphatic heterocycles. The molecule has 0 radical (unpaired) electrons. The molecule has 3 N–H and O–H groups in total. The fourth-order valence-corrected chi connectivity index (χ4v) is 2.89. The van der Waals surface area contributed by atoms with E-state index >= 15 is 0 Å². The fourth-order valence-electron chi connectivity index (χ4n) is 2.02. The zero-order chi connectivity index (χ0) is 14.8. The standard InChI is InChI=1S/C12H25N3O3S/c1-12(2,3)10(13)11(16)14-9-5-7-15(8-6-9)19(4,17)18/h9-10H,5-8,13H2,1-4H3,(H,14,16)/t10-/m1/s1. The van der Waals surface area contributed by atoms with Crippen LogP contribution in [0, 0.1) is 5.41 Å². The van der Waals surface area contributed by atoms with E-state index in [0.717, 1.165) is 0 Å². The molecule has 1 atom stereocenters. The number of nitrogens with zero attached hydrogens (tertiary/aromatic N) is 1. The van der Waals surface area contributed by atoms with Gasteiger partial charge in [0.25, 0.3) is 0 Å². The minimum atomic E-state index is -3.12. The molecule has 0 saturated carbocycles. The lowest BCUT2D eigenvalue weighted by molar-refractivity contribution is -0.125. The number of piperidine rings is 1. The van der Waals surface area contributed by atoms with Crippen LogP contribution >= 0.6 is 0 Å². The number of sulfonamides is 1. The number of hydrogen-bond acceptors (Lipinski definition) is 4. The summed E-state index contributed by atoms with van der Waals surface area (Å²) in [7, 11) is -3.12. The summed E-state index contributed by atoms with van der Waals surface area (Å²) in [4.78, 5) is 12.0. The Hall–Kier alpha value is -0.660. The van der Waals surface area contributed by atoms with E-state index in [0.29, 0.717) is 25.9 Å². The molecule has 0 aromatic carbocycles. The molecule has 6 nitrogen and oxygen atoms in total. The predicted molar refractivity (Wildman–Crippen MR) is 75.0 cm³/mol. The summed E-state index contributed by atoms with van der Waals surface area (Å²) < 4.78 is 24.2. The molecule has 1 amide bonds. The van der Waals surface area contributed by atoms with E-state index in [1.165, 1.54) is 10.6 Å². The molecule has 1 aliphatic rings. The number of amides is 1. The van der Waals surface area contributed by atoms with Crippen LogP contribution in [0.1, 0.15) is 33.6 Å². The number of nitrogens with two attached hydrogens (primary N) is 1. The van der Waals surface area contributed by atoms with Crippen molar-refractivity contribution in [1.29, 1.82) is 0 Å². The molecular weight excluding hydrogens is 266 g/mol. The van der Waals surface area contributed by atoms with E-state index in [2.05, 4.69) is 5.32 Å². The second-order valence-electron chi connectivity index (χ2n) is 6.29. The average molecular weight is 291 g/mol. The van der Waals surface area contributed by atoms with Crippen molar-refractivity contribution in [1.82, 2.24) is 9.62 Å². The number of hydrogen-bond donors (Lipinski definition) is 2. The predicted octanol–water partition coefficient (Wildman–Crippen LogP) is -0.1000. The zero-order valence-electron chi connectivity index (χ0n) is 12.1. The molecule has 1 fully saturated rings. The van der Waals surface area contributed by atoms with Crippen molar-refractivity contribution in [3.8, 4) is 0 Å². The van der Waals surface area contributed by atoms with Gasteiger partial charge >= 0.3 is 0 Å². The lowest BCUT2D eigenvalue weighted by atomic mass is 9.86. The molecule has 112 valence electrons. The van der Waals surface area contributed by atoms with Gasteiger partial charge in [-0.15, -0.1) is 0 Å². The van der Waals surface area contributed by atoms with Gasteiger partial charge < -0.3 is 11.1 Å². The van der Waals surface area contributed by atoms with Crippen molar-refractivity contribution in [3.05, 3.63) is 0 Å². The molecule has 0 unspecified atom stereocenters. The van der Waals surface area contributed by atoms with Gasteiger partial charge in [0.2, 0.25) is 15.9 Å². The Kier molecular flexibility index (Phi) is 4.97. The largest absolute Gasteiger partial charge is 0.352 e. The third-order valence-corrected chi connectivity index (χ3v) is 4.79. The van der Waals surface area contributed by atoms with Gasteiger partial charge in [0.15, 0.2) is 0 Å². The Labute approximate surface area is 115 Å². The Balaban J connectivity index is 2.48. The molecule has 0 bridgehead atoms. The van der Waals surface area contributed by atoms with Crippen LogP contribution < -0.4 is 11.1 Å². The van der Waals surface area contributed by atoms with E-state index < -0.39 is 16.1 Å². The third kappa shape index (κ3) is 4.74. The summed E-state index contributed by atoms with van der Waals surface area (Å²) in [6, 6.07) is -0.542. The molecule has 1 saturated heterocycles. The lowest BCUT2D eigenvalue weighted by Crippen LogP contribution is -2.53. The van der Waals surface area contributed by atoms with Crippen molar-refractivity contribution >= 4 is 15.9 Å². The number of carbonyl (C=O) groups is 1. The highest BCUT2D eigenvalue weighted by Gasteiger charge is 2.31. The third-order valence-electron chi connectivity index (χ3n) is 3.48. The van der Waals surface area contributed by atoms with E-state index in [1.807, 2.05) is 20.8 Å². The lowest BCUT2D eigenvalue weighted by Gasteiger charge is -2.33. The Morgan fingerprint density at radius 1 is 1.32 bits per heavy atom. The van der Waals surface area contributed by atoms with Crippen molar-refractivity contribution in [2.24, 2.45) is 11.1 Å². The second-order valence-corrected chi connectivity index (χ2v) is 8.27. The topological polar surface area (TPSA) is 92.5 Å². The van der Waals surface area contributed by atoms with E-state index in [9.17, 15) is 13.2 Å². The summed E-state index contributed by atoms with van der Waals surface area (Å²) in [5.74, 6) is -0.162. The van der Waals surface area contributed by atoms with E-state index in [4.69, 9.17) is 5.73 Å². The smallest absolute Gasteiger partial charge is 0.237 e. The minimum absolute atomic E-state index is 0.0129. The number of carbonyl (C=O) groups excluding carboxylic acids is 1. The molecule has 0 aliphatic carbocycles. The first-order valence-corrected chi connectivity index (χ1v) is 8.37. The highest BCUT2D eigenvalue weighted by molar-refractivity contribution is 7.88. The Morgan fingerprint density at radius 2 is 1.79 bits per heavy atom. The molecule has 0 spiro atoms. The highest BCUT2D eigenvalue weighted by atomic mass is 32.2. The maximum atomic E-state index is 12.0. The molecule has 1 heterocycles. The quantitative estimate of drug-likeness (QED) is 0.759. The van der Waals surface area contributed by atoms with Gasteiger partial charge in [-0.2, -0.15) is 0 Å². The van der Waals surface area contributed by atoms with E-state index in [-0.39, 0.29) is 17.4 Å². The van der Waals surface area contributed by atoms with Gasteiger partial charge in [-0.3, -0.25) is 4.79 Å². The maximum absolute atomic E-state index is 12.0. The van der Waals surface area contributed by atoms with Gasteiger partial charge in [0.1, 0.15) is 0 Å². The molecule has 19 heavy (non-hydrogen) atoms. The van der Waals surface area contributed by atoms with Crippen LogP contribution in [0.3, 0.4) is 0 Å². The van der Waals surface area contributed by atoms with Gasteiger partial charge in [-0.25, -0.2) is 12.7 Å².